The van der Waals surface area contributed by atoms with E-state index in [1.165, 1.54) is 0 Å². The second kappa shape index (κ2) is 8.99. The average Bonchev–Trinajstić information content (AvgIpc) is 3.38. The van der Waals surface area contributed by atoms with Crippen molar-refractivity contribution < 1.29 is 24.2 Å². The summed E-state index contributed by atoms with van der Waals surface area (Å²) < 4.78 is 6.51. The first-order valence-electron chi connectivity index (χ1n) is 10.4. The standard InChI is InChI=1S/C21H30N4O5/c1-5-25-10-14(18(24-25)20(27)22-8-9-30-4)23-19(26)16-12-6-7-13(15(12)11(2)3)17(16)21(28)29/h10,12-13,16-17H,5-9H2,1-4H3,(H,22,27)(H,23,26)(H,28,29). The number of carboxylic acids is 1. The van der Waals surface area contributed by atoms with Crippen LogP contribution in [0.3, 0.4) is 0 Å². The Morgan fingerprint density at radius 3 is 2.47 bits per heavy atom. The van der Waals surface area contributed by atoms with E-state index < -0.39 is 23.7 Å². The summed E-state index contributed by atoms with van der Waals surface area (Å²) in [5, 5.41) is 19.6. The van der Waals surface area contributed by atoms with Crippen LogP contribution in [-0.4, -0.2) is 52.9 Å². The summed E-state index contributed by atoms with van der Waals surface area (Å²) in [6, 6.07) is 0. The Morgan fingerprint density at radius 1 is 1.23 bits per heavy atom. The second-order valence-corrected chi connectivity index (χ2v) is 8.12. The number of aliphatic carboxylic acids is 1. The molecule has 2 bridgehead atoms. The molecule has 0 saturated heterocycles. The molecule has 2 fully saturated rings. The third-order valence-electron chi connectivity index (χ3n) is 6.16. The van der Waals surface area contributed by atoms with Crippen molar-refractivity contribution in [2.45, 2.75) is 40.2 Å². The molecule has 0 aliphatic heterocycles. The van der Waals surface area contributed by atoms with Crippen molar-refractivity contribution in [1.82, 2.24) is 15.1 Å². The van der Waals surface area contributed by atoms with E-state index in [1.807, 2.05) is 20.8 Å². The van der Waals surface area contributed by atoms with E-state index in [1.54, 1.807) is 18.0 Å². The van der Waals surface area contributed by atoms with Crippen LogP contribution in [0.25, 0.3) is 0 Å². The molecule has 30 heavy (non-hydrogen) atoms. The van der Waals surface area contributed by atoms with Crippen molar-refractivity contribution in [2.24, 2.45) is 23.7 Å². The topological polar surface area (TPSA) is 123 Å². The minimum Gasteiger partial charge on any atom is -0.481 e. The molecule has 9 heteroatoms. The van der Waals surface area contributed by atoms with E-state index in [-0.39, 0.29) is 23.4 Å². The maximum atomic E-state index is 13.2. The monoisotopic (exact) mass is 418 g/mol. The summed E-state index contributed by atoms with van der Waals surface area (Å²) in [7, 11) is 1.54. The van der Waals surface area contributed by atoms with Crippen LogP contribution in [0.5, 0.6) is 0 Å². The van der Waals surface area contributed by atoms with E-state index in [2.05, 4.69) is 15.7 Å². The van der Waals surface area contributed by atoms with Gasteiger partial charge in [-0.1, -0.05) is 11.1 Å². The first-order valence-corrected chi connectivity index (χ1v) is 10.4. The lowest BCUT2D eigenvalue weighted by Crippen LogP contribution is -2.38. The lowest BCUT2D eigenvalue weighted by atomic mass is 9.78. The Kier molecular flexibility index (Phi) is 6.60. The van der Waals surface area contributed by atoms with Gasteiger partial charge in [0.05, 0.1) is 24.1 Å². The van der Waals surface area contributed by atoms with Crippen LogP contribution in [0.4, 0.5) is 5.69 Å². The maximum Gasteiger partial charge on any atom is 0.307 e. The number of nitrogens with zero attached hydrogens (tertiary/aromatic N) is 2. The van der Waals surface area contributed by atoms with E-state index in [0.717, 1.165) is 24.0 Å². The first kappa shape index (κ1) is 22.0. The van der Waals surface area contributed by atoms with Crippen molar-refractivity contribution in [3.63, 3.8) is 0 Å². The molecular formula is C21H30N4O5. The van der Waals surface area contributed by atoms with Gasteiger partial charge < -0.3 is 20.5 Å². The van der Waals surface area contributed by atoms with Crippen molar-refractivity contribution in [3.05, 3.63) is 23.0 Å². The number of nitrogens with one attached hydrogen (secondary N) is 2. The molecule has 0 spiro atoms. The predicted octanol–water partition coefficient (Wildman–Crippen LogP) is 1.91. The zero-order valence-corrected chi connectivity index (χ0v) is 17.9. The number of anilines is 1. The minimum absolute atomic E-state index is 0.0682. The number of aromatic nitrogens is 2. The lowest BCUT2D eigenvalue weighted by Gasteiger charge is -2.26. The summed E-state index contributed by atoms with van der Waals surface area (Å²) in [6.45, 7) is 7.05. The van der Waals surface area contributed by atoms with Gasteiger partial charge in [-0.3, -0.25) is 19.1 Å². The summed E-state index contributed by atoms with van der Waals surface area (Å²) in [5.41, 5.74) is 2.62. The molecule has 1 aromatic heterocycles. The number of carbonyl (C=O) groups excluding carboxylic acids is 2. The highest BCUT2D eigenvalue weighted by molar-refractivity contribution is 6.03. The van der Waals surface area contributed by atoms with Gasteiger partial charge in [-0.25, -0.2) is 0 Å². The molecule has 0 radical (unpaired) electrons. The fraction of sp³-hybridized carbons (Fsp3) is 0.619. The zero-order chi connectivity index (χ0) is 22.0. The third kappa shape index (κ3) is 3.98. The van der Waals surface area contributed by atoms with Crippen molar-refractivity contribution >= 4 is 23.5 Å². The van der Waals surface area contributed by atoms with E-state index in [0.29, 0.717) is 25.4 Å². The highest BCUT2D eigenvalue weighted by Crippen LogP contribution is 2.57. The van der Waals surface area contributed by atoms with E-state index in [9.17, 15) is 19.5 Å². The molecule has 4 atom stereocenters. The molecule has 2 aliphatic rings. The zero-order valence-electron chi connectivity index (χ0n) is 17.9. The molecule has 2 amide bonds. The molecule has 3 N–H and O–H groups in total. The van der Waals surface area contributed by atoms with Crippen LogP contribution in [-0.2, 0) is 20.9 Å². The number of allylic oxidation sites excluding steroid dienone is 2. The molecule has 2 saturated carbocycles. The Balaban J connectivity index is 1.85. The number of fused-ring (bicyclic) bond motifs is 2. The normalized spacial score (nSPS) is 24.7. The van der Waals surface area contributed by atoms with Gasteiger partial charge in [0.15, 0.2) is 5.69 Å². The molecular weight excluding hydrogens is 388 g/mol. The predicted molar refractivity (Wildman–Crippen MR) is 110 cm³/mol. The fourth-order valence-corrected chi connectivity index (χ4v) is 5.01. The summed E-state index contributed by atoms with van der Waals surface area (Å²) in [6.07, 6.45) is 3.21. The maximum absolute atomic E-state index is 13.2. The smallest absolute Gasteiger partial charge is 0.307 e. The van der Waals surface area contributed by atoms with Crippen LogP contribution >= 0.6 is 0 Å². The Labute approximate surface area is 175 Å². The summed E-state index contributed by atoms with van der Waals surface area (Å²) >= 11 is 0. The molecule has 0 aromatic carbocycles. The second-order valence-electron chi connectivity index (χ2n) is 8.12. The van der Waals surface area contributed by atoms with Gasteiger partial charge in [0.25, 0.3) is 5.91 Å². The molecule has 4 unspecified atom stereocenters. The Hall–Kier alpha value is -2.68. The quantitative estimate of drug-likeness (QED) is 0.438. The Bertz CT molecular complexity index is 871. The van der Waals surface area contributed by atoms with Crippen LogP contribution < -0.4 is 10.6 Å². The van der Waals surface area contributed by atoms with E-state index in [4.69, 9.17) is 4.74 Å². The number of ether oxygens (including phenoxy) is 1. The van der Waals surface area contributed by atoms with Crippen LogP contribution in [0.1, 0.15) is 44.1 Å². The van der Waals surface area contributed by atoms with Gasteiger partial charge in [0.2, 0.25) is 5.91 Å². The van der Waals surface area contributed by atoms with Gasteiger partial charge in [-0.2, -0.15) is 5.10 Å². The number of methoxy groups -OCH3 is 1. The van der Waals surface area contributed by atoms with Gasteiger partial charge in [-0.05, 0) is 45.4 Å². The number of carboxylic acid groups (broad SMARTS) is 1. The molecule has 164 valence electrons. The highest BCUT2D eigenvalue weighted by Gasteiger charge is 2.57. The summed E-state index contributed by atoms with van der Waals surface area (Å²) in [4.78, 5) is 37.8. The lowest BCUT2D eigenvalue weighted by molar-refractivity contribution is -0.148. The highest BCUT2D eigenvalue weighted by atomic mass is 16.5. The SMILES string of the molecule is CCn1cc(NC(=O)C2C3CCC(C3=C(C)C)C2C(=O)O)c(C(=O)NCCOC)n1. The van der Waals surface area contributed by atoms with Crippen molar-refractivity contribution in [1.29, 1.82) is 0 Å². The number of amides is 2. The number of carbonyl (C=O) groups is 3. The fourth-order valence-electron chi connectivity index (χ4n) is 5.01. The van der Waals surface area contributed by atoms with Crippen LogP contribution in [0.15, 0.2) is 17.3 Å². The molecule has 2 aliphatic carbocycles. The number of aryl methyl sites for hydroxylation is 1. The molecule has 1 aromatic rings. The summed E-state index contributed by atoms with van der Waals surface area (Å²) in [5.74, 6) is -3.28. The van der Waals surface area contributed by atoms with Gasteiger partial charge >= 0.3 is 5.97 Å². The van der Waals surface area contributed by atoms with Crippen molar-refractivity contribution in [2.75, 3.05) is 25.6 Å². The van der Waals surface area contributed by atoms with Crippen molar-refractivity contribution in [3.8, 4) is 0 Å². The number of rotatable bonds is 8. The minimum atomic E-state index is -0.942. The number of hydrogen-bond acceptors (Lipinski definition) is 5. The first-order chi connectivity index (χ1) is 14.3. The average molecular weight is 418 g/mol. The van der Waals surface area contributed by atoms with Gasteiger partial charge in [0, 0.05) is 26.4 Å². The van der Waals surface area contributed by atoms with E-state index >= 15 is 0 Å². The Morgan fingerprint density at radius 2 is 1.90 bits per heavy atom. The number of hydrogen-bond donors (Lipinski definition) is 3. The van der Waals surface area contributed by atoms with Crippen LogP contribution in [0.2, 0.25) is 0 Å². The largest absolute Gasteiger partial charge is 0.481 e. The molecule has 3 rings (SSSR count). The third-order valence-corrected chi connectivity index (χ3v) is 6.16. The van der Waals surface area contributed by atoms with Crippen LogP contribution in [0, 0.1) is 23.7 Å². The van der Waals surface area contributed by atoms with Gasteiger partial charge in [-0.15, -0.1) is 0 Å². The molecule has 9 nitrogen and oxygen atoms in total. The van der Waals surface area contributed by atoms with Gasteiger partial charge in [0.1, 0.15) is 0 Å². The molecule has 1 heterocycles.